The van der Waals surface area contributed by atoms with Crippen LogP contribution in [0, 0.1) is 0 Å². The van der Waals surface area contributed by atoms with E-state index in [9.17, 15) is 9.90 Å². The first-order valence-electron chi connectivity index (χ1n) is 10.4. The van der Waals surface area contributed by atoms with Gasteiger partial charge in [0, 0.05) is 55.2 Å². The number of para-hydroxylation sites is 2. The third-order valence-corrected chi connectivity index (χ3v) is 5.83. The highest BCUT2D eigenvalue weighted by atomic mass is 35.5. The first-order valence-corrected chi connectivity index (χ1v) is 10.8. The second-order valence-electron chi connectivity index (χ2n) is 7.74. The Bertz CT molecular complexity index is 1050. The third kappa shape index (κ3) is 5.12. The molecular weight excluding hydrogens is 416 g/mol. The summed E-state index contributed by atoms with van der Waals surface area (Å²) in [5, 5.41) is 14.7. The van der Waals surface area contributed by atoms with Gasteiger partial charge in [-0.3, -0.25) is 9.69 Å². The second-order valence-corrected chi connectivity index (χ2v) is 8.17. The predicted octanol–water partition coefficient (Wildman–Crippen LogP) is 2.74. The summed E-state index contributed by atoms with van der Waals surface area (Å²) in [6.07, 6.45) is -0.638. The fourth-order valence-corrected chi connectivity index (χ4v) is 4.14. The summed E-state index contributed by atoms with van der Waals surface area (Å²) >= 11 is 6.00. The number of β-amino-alcohol motifs (C(OH)–C–C–N with tert-alkyl or cyclic N) is 1. The van der Waals surface area contributed by atoms with Crippen LogP contribution in [0.2, 0.25) is 5.02 Å². The average molecular weight is 443 g/mol. The maximum absolute atomic E-state index is 12.4. The number of aromatic nitrogens is 1. The molecule has 164 valence electrons. The first-order chi connectivity index (χ1) is 15.0. The van der Waals surface area contributed by atoms with Gasteiger partial charge in [0.2, 0.25) is 0 Å². The lowest BCUT2D eigenvalue weighted by Crippen LogP contribution is -2.50. The number of H-pyrrole nitrogens is 1. The van der Waals surface area contributed by atoms with Crippen LogP contribution in [0.25, 0.3) is 10.9 Å². The van der Waals surface area contributed by atoms with E-state index >= 15 is 0 Å². The molecule has 3 N–H and O–H groups in total. The van der Waals surface area contributed by atoms with Crippen molar-refractivity contribution in [3.8, 4) is 5.75 Å². The van der Waals surface area contributed by atoms with Gasteiger partial charge < -0.3 is 25.0 Å². The Labute approximate surface area is 186 Å². The van der Waals surface area contributed by atoms with Crippen molar-refractivity contribution >= 4 is 34.1 Å². The number of hydrogen-bond acceptors (Lipinski definition) is 5. The van der Waals surface area contributed by atoms with Crippen molar-refractivity contribution in [2.45, 2.75) is 6.10 Å². The first kappa shape index (κ1) is 21.5. The summed E-state index contributed by atoms with van der Waals surface area (Å²) < 4.78 is 5.46. The van der Waals surface area contributed by atoms with E-state index in [0.717, 1.165) is 48.5 Å². The minimum absolute atomic E-state index is 0.196. The Morgan fingerprint density at radius 1 is 1.19 bits per heavy atom. The summed E-state index contributed by atoms with van der Waals surface area (Å²) in [4.78, 5) is 20.0. The average Bonchev–Trinajstić information content (AvgIpc) is 3.21. The van der Waals surface area contributed by atoms with Crippen LogP contribution < -0.4 is 15.0 Å². The van der Waals surface area contributed by atoms with Crippen LogP contribution in [-0.2, 0) is 0 Å². The van der Waals surface area contributed by atoms with E-state index in [1.54, 1.807) is 19.2 Å². The molecule has 0 aliphatic carbocycles. The maximum atomic E-state index is 12.4. The van der Waals surface area contributed by atoms with Crippen LogP contribution in [0.4, 0.5) is 5.69 Å². The number of fused-ring (bicyclic) bond motifs is 1. The molecule has 0 bridgehead atoms. The quantitative estimate of drug-likeness (QED) is 0.524. The molecule has 2 aromatic carbocycles. The van der Waals surface area contributed by atoms with Gasteiger partial charge in [-0.05, 0) is 36.4 Å². The Kier molecular flexibility index (Phi) is 6.65. The Morgan fingerprint density at radius 2 is 1.97 bits per heavy atom. The summed E-state index contributed by atoms with van der Waals surface area (Å²) in [6.45, 7) is 4.11. The number of rotatable bonds is 7. The number of hydrogen-bond donors (Lipinski definition) is 3. The zero-order chi connectivity index (χ0) is 21.8. The molecule has 1 aliphatic heterocycles. The highest BCUT2D eigenvalue weighted by Crippen LogP contribution is 2.28. The maximum Gasteiger partial charge on any atom is 0.267 e. The van der Waals surface area contributed by atoms with Crippen molar-refractivity contribution in [3.05, 3.63) is 59.2 Å². The third-order valence-electron chi connectivity index (χ3n) is 5.59. The lowest BCUT2D eigenvalue weighted by atomic mass is 10.2. The molecule has 1 atom stereocenters. The summed E-state index contributed by atoms with van der Waals surface area (Å²) in [6, 6.07) is 15.2. The smallest absolute Gasteiger partial charge is 0.267 e. The van der Waals surface area contributed by atoms with E-state index < -0.39 is 6.10 Å². The summed E-state index contributed by atoms with van der Waals surface area (Å²) in [5.74, 6) is 0.630. The highest BCUT2D eigenvalue weighted by molar-refractivity contribution is 6.31. The highest BCUT2D eigenvalue weighted by Gasteiger charge is 2.21. The van der Waals surface area contributed by atoms with E-state index in [1.165, 1.54) is 0 Å². The predicted molar refractivity (Wildman–Crippen MR) is 123 cm³/mol. The number of ether oxygens (including phenoxy) is 1. The van der Waals surface area contributed by atoms with Crippen molar-refractivity contribution in [2.75, 3.05) is 51.3 Å². The standard InChI is InChI=1S/C23H27ClN4O3/c1-31-22-5-3-2-4-21(22)28-10-8-27(9-11-28)15-18(29)14-25-23(30)20-13-16-12-17(24)6-7-19(16)26-20/h2-7,12-13,18,26,29H,8-11,14-15H2,1H3,(H,25,30). The van der Waals surface area contributed by atoms with Crippen LogP contribution in [0.15, 0.2) is 48.5 Å². The monoisotopic (exact) mass is 442 g/mol. The molecule has 0 radical (unpaired) electrons. The minimum atomic E-state index is -0.638. The molecule has 1 aliphatic rings. The van der Waals surface area contributed by atoms with E-state index in [0.29, 0.717) is 17.3 Å². The second kappa shape index (κ2) is 9.60. The molecule has 31 heavy (non-hydrogen) atoms. The van der Waals surface area contributed by atoms with Crippen molar-refractivity contribution in [1.82, 2.24) is 15.2 Å². The number of aromatic amines is 1. The Morgan fingerprint density at radius 3 is 2.74 bits per heavy atom. The van der Waals surface area contributed by atoms with E-state index in [1.807, 2.05) is 30.3 Å². The number of aliphatic hydroxyl groups excluding tert-OH is 1. The number of aliphatic hydroxyl groups is 1. The van der Waals surface area contributed by atoms with Gasteiger partial charge in [-0.15, -0.1) is 0 Å². The lowest BCUT2D eigenvalue weighted by Gasteiger charge is -2.37. The molecule has 1 unspecified atom stereocenters. The van der Waals surface area contributed by atoms with Crippen LogP contribution in [-0.4, -0.2) is 73.4 Å². The number of anilines is 1. The Balaban J connectivity index is 1.24. The molecule has 1 amide bonds. The fourth-order valence-electron chi connectivity index (χ4n) is 3.96. The minimum Gasteiger partial charge on any atom is -0.495 e. The van der Waals surface area contributed by atoms with Gasteiger partial charge in [-0.25, -0.2) is 0 Å². The fraction of sp³-hybridized carbons (Fsp3) is 0.348. The summed E-state index contributed by atoms with van der Waals surface area (Å²) in [5.41, 5.74) is 2.40. The molecule has 4 rings (SSSR count). The number of methoxy groups -OCH3 is 1. The number of amides is 1. The number of carbonyl (C=O) groups excluding carboxylic acids is 1. The van der Waals surface area contributed by atoms with Crippen molar-refractivity contribution in [1.29, 1.82) is 0 Å². The number of piperazine rings is 1. The van der Waals surface area contributed by atoms with Crippen LogP contribution in [0.5, 0.6) is 5.75 Å². The molecule has 1 fully saturated rings. The lowest BCUT2D eigenvalue weighted by molar-refractivity contribution is 0.0848. The van der Waals surface area contributed by atoms with Crippen molar-refractivity contribution in [3.63, 3.8) is 0 Å². The van der Waals surface area contributed by atoms with Crippen LogP contribution in [0.3, 0.4) is 0 Å². The number of benzene rings is 2. The van der Waals surface area contributed by atoms with E-state index in [2.05, 4.69) is 26.2 Å². The van der Waals surface area contributed by atoms with Crippen LogP contribution >= 0.6 is 11.6 Å². The van der Waals surface area contributed by atoms with Gasteiger partial charge in [0.05, 0.1) is 18.9 Å². The van der Waals surface area contributed by atoms with Gasteiger partial charge in [0.1, 0.15) is 11.4 Å². The topological polar surface area (TPSA) is 80.8 Å². The zero-order valence-corrected chi connectivity index (χ0v) is 18.2. The molecule has 1 aromatic heterocycles. The van der Waals surface area contributed by atoms with Gasteiger partial charge >= 0.3 is 0 Å². The van der Waals surface area contributed by atoms with Gasteiger partial charge in [0.25, 0.3) is 5.91 Å². The van der Waals surface area contributed by atoms with E-state index in [-0.39, 0.29) is 12.5 Å². The molecule has 1 saturated heterocycles. The van der Waals surface area contributed by atoms with Gasteiger partial charge in [0.15, 0.2) is 0 Å². The zero-order valence-electron chi connectivity index (χ0n) is 17.5. The molecular formula is C23H27ClN4O3. The van der Waals surface area contributed by atoms with Gasteiger partial charge in [-0.2, -0.15) is 0 Å². The normalized spacial score (nSPS) is 15.8. The van der Waals surface area contributed by atoms with Crippen molar-refractivity contribution in [2.24, 2.45) is 0 Å². The molecule has 0 spiro atoms. The molecule has 2 heterocycles. The SMILES string of the molecule is COc1ccccc1N1CCN(CC(O)CNC(=O)c2cc3cc(Cl)ccc3[nH]2)CC1. The molecule has 7 nitrogen and oxygen atoms in total. The Hall–Kier alpha value is -2.74. The summed E-state index contributed by atoms with van der Waals surface area (Å²) in [7, 11) is 1.69. The number of nitrogens with zero attached hydrogens (tertiary/aromatic N) is 2. The van der Waals surface area contributed by atoms with Crippen LogP contribution in [0.1, 0.15) is 10.5 Å². The largest absolute Gasteiger partial charge is 0.495 e. The number of halogens is 1. The molecule has 0 saturated carbocycles. The van der Waals surface area contributed by atoms with Crippen molar-refractivity contribution < 1.29 is 14.6 Å². The number of carbonyl (C=O) groups is 1. The van der Waals surface area contributed by atoms with E-state index in [4.69, 9.17) is 16.3 Å². The molecule has 3 aromatic rings. The number of nitrogens with one attached hydrogen (secondary N) is 2. The molecule has 8 heteroatoms. The van der Waals surface area contributed by atoms with Gasteiger partial charge in [-0.1, -0.05) is 23.7 Å².